The molecule has 1 aromatic carbocycles. The smallest absolute Gasteiger partial charge is 0.334 e. The lowest BCUT2D eigenvalue weighted by atomic mass is 9.99. The molecular weight excluding hydrogens is 214 g/mol. The predicted molar refractivity (Wildman–Crippen MR) is 56.6 cm³/mol. The fraction of sp³-hybridized carbons (Fsp3) is 0.417. The zero-order valence-corrected chi connectivity index (χ0v) is 8.99. The van der Waals surface area contributed by atoms with Crippen molar-refractivity contribution < 1.29 is 18.7 Å². The molecule has 0 saturated heterocycles. The third-order valence-electron chi connectivity index (χ3n) is 2.32. The first-order valence-electron chi connectivity index (χ1n) is 5.16. The van der Waals surface area contributed by atoms with Gasteiger partial charge in [0.25, 0.3) is 0 Å². The third kappa shape index (κ3) is 2.64. The van der Waals surface area contributed by atoms with Crippen LogP contribution < -0.4 is 0 Å². The fourth-order valence-corrected chi connectivity index (χ4v) is 1.39. The van der Waals surface area contributed by atoms with Gasteiger partial charge in [0, 0.05) is 5.56 Å². The second-order valence-corrected chi connectivity index (χ2v) is 3.62. The van der Waals surface area contributed by atoms with Crippen LogP contribution in [0.3, 0.4) is 0 Å². The van der Waals surface area contributed by atoms with Gasteiger partial charge in [-0.3, -0.25) is 4.79 Å². The molecule has 0 spiro atoms. The van der Waals surface area contributed by atoms with Gasteiger partial charge in [-0.05, 0) is 6.42 Å². The number of ketones is 1. The summed E-state index contributed by atoms with van der Waals surface area (Å²) in [6.07, 6.45) is -1.60. The van der Waals surface area contributed by atoms with Crippen molar-refractivity contribution >= 4 is 5.78 Å². The van der Waals surface area contributed by atoms with Crippen LogP contribution >= 0.6 is 0 Å². The van der Waals surface area contributed by atoms with Crippen molar-refractivity contribution in [2.24, 2.45) is 0 Å². The molecule has 0 aliphatic heterocycles. The van der Waals surface area contributed by atoms with Gasteiger partial charge in [0.2, 0.25) is 5.78 Å². The molecule has 1 atom stereocenters. The van der Waals surface area contributed by atoms with E-state index in [0.717, 1.165) is 0 Å². The summed E-state index contributed by atoms with van der Waals surface area (Å²) in [5.74, 6) is -5.04. The van der Waals surface area contributed by atoms with Crippen LogP contribution in [0.5, 0.6) is 0 Å². The molecule has 0 bridgehead atoms. The van der Waals surface area contributed by atoms with E-state index in [1.165, 1.54) is 24.3 Å². The number of hydrogen-bond donors (Lipinski definition) is 1. The molecule has 88 valence electrons. The molecule has 0 saturated carbocycles. The summed E-state index contributed by atoms with van der Waals surface area (Å²) in [5, 5.41) is 9.24. The Balaban J connectivity index is 2.88. The molecule has 4 heteroatoms. The van der Waals surface area contributed by atoms with Gasteiger partial charge >= 0.3 is 5.92 Å². The second-order valence-electron chi connectivity index (χ2n) is 3.62. The molecule has 1 N–H and O–H groups in total. The van der Waals surface area contributed by atoms with Gasteiger partial charge in [-0.1, -0.05) is 43.7 Å². The van der Waals surface area contributed by atoms with E-state index in [1.54, 1.807) is 13.0 Å². The van der Waals surface area contributed by atoms with Gasteiger partial charge < -0.3 is 5.11 Å². The highest BCUT2D eigenvalue weighted by molar-refractivity contribution is 6.01. The van der Waals surface area contributed by atoms with Crippen molar-refractivity contribution in [3.63, 3.8) is 0 Å². The first kappa shape index (κ1) is 12.8. The van der Waals surface area contributed by atoms with Crippen LogP contribution in [0.1, 0.15) is 30.1 Å². The van der Waals surface area contributed by atoms with E-state index in [9.17, 15) is 18.7 Å². The molecule has 0 amide bonds. The number of aliphatic hydroxyl groups excluding tert-OH is 1. The lowest BCUT2D eigenvalue weighted by Gasteiger charge is -2.20. The minimum Gasteiger partial charge on any atom is -0.386 e. The molecule has 0 radical (unpaired) electrons. The standard InChI is InChI=1S/C12H14F2O2/c1-2-6-10(15)12(13,14)11(16)9-7-4-3-5-8-9/h3-5,7-8,10,15H,2,6H2,1H3/t10-/m1/s1. The average molecular weight is 228 g/mol. The minimum absolute atomic E-state index is 0.0809. The predicted octanol–water partition coefficient (Wildman–Crippen LogP) is 2.67. The Bertz CT molecular complexity index is 349. The Kier molecular flexibility index (Phi) is 4.12. The number of carbonyl (C=O) groups excluding carboxylic acids is 1. The van der Waals surface area contributed by atoms with Crippen LogP contribution in [0, 0.1) is 0 Å². The number of Topliss-reactive ketones (excluding diaryl/α,β-unsaturated/α-hetero) is 1. The van der Waals surface area contributed by atoms with Crippen molar-refractivity contribution in [3.8, 4) is 0 Å². The van der Waals surface area contributed by atoms with Crippen molar-refractivity contribution in [1.29, 1.82) is 0 Å². The molecule has 0 heterocycles. The molecule has 16 heavy (non-hydrogen) atoms. The largest absolute Gasteiger partial charge is 0.386 e. The lowest BCUT2D eigenvalue weighted by molar-refractivity contribution is -0.0800. The topological polar surface area (TPSA) is 37.3 Å². The molecular formula is C12H14F2O2. The summed E-state index contributed by atoms with van der Waals surface area (Å²) < 4.78 is 27.0. The number of aliphatic hydroxyl groups is 1. The molecule has 0 unspecified atom stereocenters. The number of halogens is 2. The highest BCUT2D eigenvalue weighted by Crippen LogP contribution is 2.26. The van der Waals surface area contributed by atoms with Crippen molar-refractivity contribution in [1.82, 2.24) is 0 Å². The highest BCUT2D eigenvalue weighted by atomic mass is 19.3. The normalized spacial score (nSPS) is 13.5. The maximum atomic E-state index is 13.5. The van der Waals surface area contributed by atoms with E-state index in [-0.39, 0.29) is 12.0 Å². The quantitative estimate of drug-likeness (QED) is 0.787. The van der Waals surface area contributed by atoms with Crippen molar-refractivity contribution in [3.05, 3.63) is 35.9 Å². The Morgan fingerprint density at radius 3 is 2.44 bits per heavy atom. The van der Waals surface area contributed by atoms with E-state index in [4.69, 9.17) is 0 Å². The Morgan fingerprint density at radius 1 is 1.38 bits per heavy atom. The Hall–Kier alpha value is -1.29. The zero-order chi connectivity index (χ0) is 12.2. The average Bonchev–Trinajstić information content (AvgIpc) is 2.29. The molecule has 2 nitrogen and oxygen atoms in total. The molecule has 1 rings (SSSR count). The van der Waals surface area contributed by atoms with E-state index in [1.807, 2.05) is 0 Å². The van der Waals surface area contributed by atoms with Gasteiger partial charge in [0.1, 0.15) is 6.10 Å². The van der Waals surface area contributed by atoms with Crippen LogP contribution in [0.15, 0.2) is 30.3 Å². The summed E-state index contributed by atoms with van der Waals surface area (Å²) in [6, 6.07) is 7.28. The van der Waals surface area contributed by atoms with Crippen LogP contribution in [0.25, 0.3) is 0 Å². The zero-order valence-electron chi connectivity index (χ0n) is 8.99. The maximum Gasteiger partial charge on any atom is 0.334 e. The number of alkyl halides is 2. The molecule has 1 aromatic rings. The SMILES string of the molecule is CCC[C@@H](O)C(F)(F)C(=O)c1ccccc1. The monoisotopic (exact) mass is 228 g/mol. The van der Waals surface area contributed by atoms with Crippen LogP contribution in [0.4, 0.5) is 8.78 Å². The van der Waals surface area contributed by atoms with Gasteiger partial charge in [-0.2, -0.15) is 8.78 Å². The fourth-order valence-electron chi connectivity index (χ4n) is 1.39. The summed E-state index contributed by atoms with van der Waals surface area (Å²) in [6.45, 7) is 1.67. The van der Waals surface area contributed by atoms with Crippen molar-refractivity contribution in [2.45, 2.75) is 31.8 Å². The maximum absolute atomic E-state index is 13.5. The molecule has 0 aliphatic rings. The highest BCUT2D eigenvalue weighted by Gasteiger charge is 2.45. The molecule has 0 aromatic heterocycles. The lowest BCUT2D eigenvalue weighted by Crippen LogP contribution is -2.41. The third-order valence-corrected chi connectivity index (χ3v) is 2.32. The first-order chi connectivity index (χ1) is 7.50. The van der Waals surface area contributed by atoms with Gasteiger partial charge in [-0.25, -0.2) is 0 Å². The number of carbonyl (C=O) groups is 1. The molecule has 0 fully saturated rings. The Morgan fingerprint density at radius 2 is 1.94 bits per heavy atom. The van der Waals surface area contributed by atoms with Crippen LogP contribution in [0.2, 0.25) is 0 Å². The Labute approximate surface area is 92.9 Å². The number of rotatable bonds is 5. The summed E-state index contributed by atoms with van der Waals surface area (Å²) in [4.78, 5) is 11.5. The van der Waals surface area contributed by atoms with E-state index in [0.29, 0.717) is 6.42 Å². The van der Waals surface area contributed by atoms with Gasteiger partial charge in [-0.15, -0.1) is 0 Å². The number of benzene rings is 1. The van der Waals surface area contributed by atoms with Gasteiger partial charge in [0.15, 0.2) is 0 Å². The summed E-state index contributed by atoms with van der Waals surface area (Å²) in [7, 11) is 0. The number of hydrogen-bond acceptors (Lipinski definition) is 2. The van der Waals surface area contributed by atoms with E-state index >= 15 is 0 Å². The van der Waals surface area contributed by atoms with Crippen LogP contribution in [-0.4, -0.2) is 22.9 Å². The van der Waals surface area contributed by atoms with E-state index in [2.05, 4.69) is 0 Å². The molecule has 0 aliphatic carbocycles. The van der Waals surface area contributed by atoms with E-state index < -0.39 is 17.8 Å². The minimum atomic E-state index is -3.71. The first-order valence-corrected chi connectivity index (χ1v) is 5.16. The van der Waals surface area contributed by atoms with Crippen molar-refractivity contribution in [2.75, 3.05) is 0 Å². The summed E-state index contributed by atoms with van der Waals surface area (Å²) >= 11 is 0. The second kappa shape index (κ2) is 5.16. The van der Waals surface area contributed by atoms with Crippen LogP contribution in [-0.2, 0) is 0 Å². The van der Waals surface area contributed by atoms with Gasteiger partial charge in [0.05, 0.1) is 0 Å². The summed E-state index contributed by atoms with van der Waals surface area (Å²) in [5.41, 5.74) is -0.0809.